The highest BCUT2D eigenvalue weighted by Crippen LogP contribution is 2.18. The van der Waals surface area contributed by atoms with E-state index in [-0.39, 0.29) is 31.1 Å². The van der Waals surface area contributed by atoms with E-state index in [0.29, 0.717) is 19.3 Å². The summed E-state index contributed by atoms with van der Waals surface area (Å²) < 4.78 is 16.9. The molecule has 6 nitrogen and oxygen atoms in total. The van der Waals surface area contributed by atoms with E-state index in [0.717, 1.165) is 89.9 Å². The third kappa shape index (κ3) is 65.7. The van der Waals surface area contributed by atoms with E-state index in [2.05, 4.69) is 93.7 Å². The minimum absolute atomic E-state index is 0.0710. The molecule has 0 fully saturated rings. The molecule has 0 radical (unpaired) electrons. The topological polar surface area (TPSA) is 78.9 Å². The number of rotatable bonds is 64. The molecule has 0 saturated carbocycles. The zero-order valence-corrected chi connectivity index (χ0v) is 53.3. The Morgan fingerprint density at radius 2 is 0.487 bits per heavy atom. The first-order valence-electron chi connectivity index (χ1n) is 34.9. The van der Waals surface area contributed by atoms with Gasteiger partial charge in [0.1, 0.15) is 13.2 Å². The maximum absolute atomic E-state index is 12.9. The lowest BCUT2D eigenvalue weighted by Gasteiger charge is -2.18. The average Bonchev–Trinajstić information content (AvgIpc) is 3.46. The molecule has 0 aliphatic heterocycles. The van der Waals surface area contributed by atoms with Gasteiger partial charge in [0.25, 0.3) is 0 Å². The Morgan fingerprint density at radius 3 is 0.762 bits per heavy atom. The van der Waals surface area contributed by atoms with Crippen molar-refractivity contribution < 1.29 is 28.6 Å². The quantitative estimate of drug-likeness (QED) is 0.0261. The molecule has 6 heteroatoms. The number of hydrogen-bond donors (Lipinski definition) is 0. The Kier molecular flexibility index (Phi) is 65.7. The third-order valence-electron chi connectivity index (χ3n) is 15.4. The average molecular weight is 1120 g/mol. The Morgan fingerprint density at radius 1 is 0.263 bits per heavy atom. The lowest BCUT2D eigenvalue weighted by atomic mass is 10.0. The van der Waals surface area contributed by atoms with Gasteiger partial charge in [-0.1, -0.05) is 325 Å². The van der Waals surface area contributed by atoms with Crippen molar-refractivity contribution in [1.82, 2.24) is 0 Å². The largest absolute Gasteiger partial charge is 0.462 e. The lowest BCUT2D eigenvalue weighted by Crippen LogP contribution is -2.30. The Labute approximate surface area is 497 Å². The summed E-state index contributed by atoms with van der Waals surface area (Å²) in [5.74, 6) is -0.863. The van der Waals surface area contributed by atoms with E-state index in [1.165, 1.54) is 231 Å². The van der Waals surface area contributed by atoms with Crippen LogP contribution in [-0.2, 0) is 28.6 Å². The fraction of sp³-hybridized carbons (Fsp3) is 0.797. The SMILES string of the molecule is CC/C=C\C/C=C\C/C=C\C/C=C\CCCCCCCCCCCCCCCCC(=O)OC(COC(=O)CCCCCCCC)COC(=O)CCCCCCCCCCCCCCCCCCC/C=C\C/C=C\CCCCCCC. The predicted molar refractivity (Wildman–Crippen MR) is 348 cm³/mol. The van der Waals surface area contributed by atoms with Crippen LogP contribution in [0.15, 0.2) is 72.9 Å². The normalized spacial score (nSPS) is 12.5. The molecule has 0 aliphatic rings. The van der Waals surface area contributed by atoms with Crippen LogP contribution >= 0.6 is 0 Å². The van der Waals surface area contributed by atoms with E-state index in [9.17, 15) is 14.4 Å². The number of carbonyl (C=O) groups excluding carboxylic acids is 3. The van der Waals surface area contributed by atoms with Crippen LogP contribution in [0.25, 0.3) is 0 Å². The molecule has 1 unspecified atom stereocenters. The maximum Gasteiger partial charge on any atom is 0.306 e. The fourth-order valence-corrected chi connectivity index (χ4v) is 10.2. The van der Waals surface area contributed by atoms with Gasteiger partial charge in [0.2, 0.25) is 0 Å². The summed E-state index contributed by atoms with van der Waals surface area (Å²) in [7, 11) is 0. The van der Waals surface area contributed by atoms with Gasteiger partial charge in [-0.05, 0) is 89.9 Å². The highest BCUT2D eigenvalue weighted by Gasteiger charge is 2.19. The molecule has 0 aliphatic carbocycles. The Bertz CT molecular complexity index is 1470. The number of hydrogen-bond acceptors (Lipinski definition) is 6. The first-order valence-corrected chi connectivity index (χ1v) is 34.9. The van der Waals surface area contributed by atoms with Crippen molar-refractivity contribution in [3.05, 3.63) is 72.9 Å². The number of ether oxygens (including phenoxy) is 3. The molecule has 80 heavy (non-hydrogen) atoms. The highest BCUT2D eigenvalue weighted by molar-refractivity contribution is 5.71. The summed E-state index contributed by atoms with van der Waals surface area (Å²) in [5, 5.41) is 0. The first-order chi connectivity index (χ1) is 39.5. The molecular weight excluding hydrogens is 985 g/mol. The van der Waals surface area contributed by atoms with Crippen LogP contribution in [0.1, 0.15) is 361 Å². The van der Waals surface area contributed by atoms with E-state index in [1.54, 1.807) is 0 Å². The van der Waals surface area contributed by atoms with Gasteiger partial charge in [0, 0.05) is 19.3 Å². The van der Waals surface area contributed by atoms with Gasteiger partial charge < -0.3 is 14.2 Å². The summed E-state index contributed by atoms with van der Waals surface area (Å²) in [6, 6.07) is 0. The second-order valence-corrected chi connectivity index (χ2v) is 23.4. The zero-order valence-electron chi connectivity index (χ0n) is 53.3. The van der Waals surface area contributed by atoms with E-state index >= 15 is 0 Å². The van der Waals surface area contributed by atoms with Crippen LogP contribution < -0.4 is 0 Å². The van der Waals surface area contributed by atoms with E-state index in [4.69, 9.17) is 14.2 Å². The van der Waals surface area contributed by atoms with Gasteiger partial charge in [0.15, 0.2) is 6.10 Å². The van der Waals surface area contributed by atoms with Gasteiger partial charge in [-0.2, -0.15) is 0 Å². The van der Waals surface area contributed by atoms with Crippen molar-refractivity contribution >= 4 is 17.9 Å². The predicted octanol–water partition coefficient (Wildman–Crippen LogP) is 24.1. The molecule has 0 N–H and O–H groups in total. The Hall–Kier alpha value is -3.15. The van der Waals surface area contributed by atoms with E-state index < -0.39 is 6.10 Å². The van der Waals surface area contributed by atoms with Gasteiger partial charge in [-0.25, -0.2) is 0 Å². The van der Waals surface area contributed by atoms with Crippen LogP contribution in [0.3, 0.4) is 0 Å². The van der Waals surface area contributed by atoms with Crippen molar-refractivity contribution in [3.8, 4) is 0 Å². The molecular formula is C74H132O6. The van der Waals surface area contributed by atoms with Crippen LogP contribution in [0, 0.1) is 0 Å². The van der Waals surface area contributed by atoms with Crippen LogP contribution in [0.5, 0.6) is 0 Å². The standard InChI is InChI=1S/C74H132O6/c1-4-7-10-13-16-18-20-22-24-26-28-30-32-34-36-37-39-40-42-44-46-48-50-52-54-56-58-61-64-67-73(76)79-70-71(69-78-72(75)66-63-60-15-12-9-6-3)80-74(77)68-65-62-59-57-55-53-51-49-47-45-43-41-38-35-33-31-29-27-25-23-21-19-17-14-11-8-5-2/h8,11,17,19-20,22-23,25-26,28-29,31,71H,4-7,9-10,12-16,18,21,24,27,30,32-70H2,1-3H3/b11-8-,19-17-,22-20-,25-23-,28-26-,31-29-. The molecule has 0 bridgehead atoms. The van der Waals surface area contributed by atoms with Gasteiger partial charge in [-0.3, -0.25) is 14.4 Å². The molecule has 0 heterocycles. The minimum Gasteiger partial charge on any atom is -0.462 e. The molecule has 0 aromatic rings. The molecule has 1 atom stereocenters. The maximum atomic E-state index is 12.9. The van der Waals surface area contributed by atoms with Crippen molar-refractivity contribution in [2.24, 2.45) is 0 Å². The smallest absolute Gasteiger partial charge is 0.306 e. The number of esters is 3. The van der Waals surface area contributed by atoms with Crippen molar-refractivity contribution in [3.63, 3.8) is 0 Å². The summed E-state index contributed by atoms with van der Waals surface area (Å²) in [4.78, 5) is 38.1. The molecule has 0 rings (SSSR count). The summed E-state index contributed by atoms with van der Waals surface area (Å²) in [6.45, 7) is 6.51. The summed E-state index contributed by atoms with van der Waals surface area (Å²) in [6.07, 6.45) is 89.7. The summed E-state index contributed by atoms with van der Waals surface area (Å²) >= 11 is 0. The van der Waals surface area contributed by atoms with Crippen molar-refractivity contribution in [1.29, 1.82) is 0 Å². The summed E-state index contributed by atoms with van der Waals surface area (Å²) in [5.41, 5.74) is 0. The van der Waals surface area contributed by atoms with Crippen LogP contribution in [0.2, 0.25) is 0 Å². The molecule has 464 valence electrons. The minimum atomic E-state index is -0.771. The fourth-order valence-electron chi connectivity index (χ4n) is 10.2. The van der Waals surface area contributed by atoms with Gasteiger partial charge >= 0.3 is 17.9 Å². The van der Waals surface area contributed by atoms with Crippen LogP contribution in [0.4, 0.5) is 0 Å². The van der Waals surface area contributed by atoms with E-state index in [1.807, 2.05) is 0 Å². The molecule has 0 aromatic heterocycles. The van der Waals surface area contributed by atoms with Gasteiger partial charge in [0.05, 0.1) is 0 Å². The molecule has 0 spiro atoms. The first kappa shape index (κ1) is 76.9. The number of carbonyl (C=O) groups is 3. The number of allylic oxidation sites excluding steroid dienone is 12. The monoisotopic (exact) mass is 1120 g/mol. The molecule has 0 aromatic carbocycles. The van der Waals surface area contributed by atoms with Crippen LogP contribution in [-0.4, -0.2) is 37.2 Å². The number of unbranched alkanes of at least 4 members (excludes halogenated alkanes) is 41. The second-order valence-electron chi connectivity index (χ2n) is 23.4. The van der Waals surface area contributed by atoms with Crippen molar-refractivity contribution in [2.45, 2.75) is 367 Å². The third-order valence-corrected chi connectivity index (χ3v) is 15.4. The molecule has 0 amide bonds. The lowest BCUT2D eigenvalue weighted by molar-refractivity contribution is -0.167. The highest BCUT2D eigenvalue weighted by atomic mass is 16.6. The van der Waals surface area contributed by atoms with Gasteiger partial charge in [-0.15, -0.1) is 0 Å². The Balaban J connectivity index is 4.00. The second kappa shape index (κ2) is 68.3. The zero-order chi connectivity index (χ0) is 57.8. The molecule has 0 saturated heterocycles. The van der Waals surface area contributed by atoms with Crippen molar-refractivity contribution in [2.75, 3.05) is 13.2 Å².